The van der Waals surface area contributed by atoms with Crippen LogP contribution in [0.2, 0.25) is 0 Å². The number of rotatable bonds is 4. The maximum absolute atomic E-state index is 12.9. The third kappa shape index (κ3) is 4.25. The average Bonchev–Trinajstić information content (AvgIpc) is 3.25. The van der Waals surface area contributed by atoms with Crippen LogP contribution in [-0.4, -0.2) is 38.2 Å². The third-order valence-corrected chi connectivity index (χ3v) is 5.47. The van der Waals surface area contributed by atoms with Gasteiger partial charge in [0.05, 0.1) is 12.1 Å². The first kappa shape index (κ1) is 20.2. The fraction of sp³-hybridized carbons (Fsp3) is 0.526. The van der Waals surface area contributed by atoms with Gasteiger partial charge in [0.2, 0.25) is 5.89 Å². The summed E-state index contributed by atoms with van der Waals surface area (Å²) in [7, 11) is 0. The van der Waals surface area contributed by atoms with Crippen LogP contribution in [0.1, 0.15) is 60.6 Å². The quantitative estimate of drug-likeness (QED) is 0.656. The Kier molecular flexibility index (Phi) is 5.29. The van der Waals surface area contributed by atoms with E-state index in [9.17, 15) is 13.2 Å². The van der Waals surface area contributed by atoms with Crippen molar-refractivity contribution in [3.05, 3.63) is 41.3 Å². The van der Waals surface area contributed by atoms with E-state index in [4.69, 9.17) is 4.42 Å². The molecule has 1 aliphatic carbocycles. The molecule has 1 aromatic carbocycles. The number of aromatic nitrogens is 4. The zero-order chi connectivity index (χ0) is 19.3. The van der Waals surface area contributed by atoms with E-state index in [-0.39, 0.29) is 23.8 Å². The van der Waals surface area contributed by atoms with Crippen LogP contribution in [-0.2, 0) is 12.7 Å². The summed E-state index contributed by atoms with van der Waals surface area (Å²) in [6.07, 6.45) is 0.0130. The Hall–Kier alpha value is -2.13. The number of fused-ring (bicyclic) bond motifs is 1. The van der Waals surface area contributed by atoms with Crippen molar-refractivity contribution in [3.63, 3.8) is 0 Å². The summed E-state index contributed by atoms with van der Waals surface area (Å²) < 4.78 is 44.3. The van der Waals surface area contributed by atoms with Crippen LogP contribution in [0.5, 0.6) is 0 Å². The summed E-state index contributed by atoms with van der Waals surface area (Å²) >= 11 is 0. The summed E-state index contributed by atoms with van der Waals surface area (Å²) in [6.45, 7) is 2.14. The number of alkyl halides is 3. The van der Waals surface area contributed by atoms with Gasteiger partial charge in [-0.25, -0.2) is 9.97 Å². The summed E-state index contributed by atoms with van der Waals surface area (Å²) in [5, 5.41) is 7.46. The smallest absolute Gasteiger partial charge is 0.416 e. The molecule has 3 aromatic rings. The Morgan fingerprint density at radius 1 is 1.14 bits per heavy atom. The highest BCUT2D eigenvalue weighted by Crippen LogP contribution is 2.38. The van der Waals surface area contributed by atoms with Crippen molar-refractivity contribution in [2.75, 3.05) is 13.1 Å². The number of aromatic amines is 1. The first-order valence-corrected chi connectivity index (χ1v) is 9.57. The Morgan fingerprint density at radius 2 is 1.97 bits per heavy atom. The molecule has 0 bridgehead atoms. The Bertz CT molecular complexity index is 997. The molecule has 29 heavy (non-hydrogen) atoms. The molecular weight excluding hydrogens is 407 g/mol. The first-order valence-electron chi connectivity index (χ1n) is 9.57. The summed E-state index contributed by atoms with van der Waals surface area (Å²) in [5.74, 6) is 3.08. The summed E-state index contributed by atoms with van der Waals surface area (Å²) in [5.41, 5.74) is -0.102. The van der Waals surface area contributed by atoms with Crippen molar-refractivity contribution < 1.29 is 17.6 Å². The molecule has 1 saturated heterocycles. The van der Waals surface area contributed by atoms with Gasteiger partial charge >= 0.3 is 6.18 Å². The molecule has 1 saturated carbocycles. The molecule has 2 aliphatic rings. The summed E-state index contributed by atoms with van der Waals surface area (Å²) in [6, 6.07) is 3.39. The zero-order valence-corrected chi connectivity index (χ0v) is 16.4. The Morgan fingerprint density at radius 3 is 2.72 bits per heavy atom. The number of H-pyrrole nitrogens is 1. The maximum atomic E-state index is 12.9. The standard InChI is InChI=1S/C19H20F3N5O.ClH/c20-19(21,22)13-5-6-15-14(8-13)23-16(28-15)10-27-7-1-2-12(9-27)18-24-17(25-26-18)11-3-4-11;/h5-6,8,11-12H,1-4,7,9-10H2,(H,24,25,26);1H. The molecule has 2 aromatic heterocycles. The van der Waals surface area contributed by atoms with E-state index in [0.717, 1.165) is 49.7 Å². The van der Waals surface area contributed by atoms with Crippen LogP contribution in [0.3, 0.4) is 0 Å². The van der Waals surface area contributed by atoms with Gasteiger partial charge in [-0.1, -0.05) is 0 Å². The molecule has 10 heteroatoms. The topological polar surface area (TPSA) is 70.8 Å². The van der Waals surface area contributed by atoms with Crippen LogP contribution in [0, 0.1) is 0 Å². The van der Waals surface area contributed by atoms with E-state index < -0.39 is 11.7 Å². The second-order valence-electron chi connectivity index (χ2n) is 7.72. The molecule has 0 radical (unpaired) electrons. The van der Waals surface area contributed by atoms with Crippen molar-refractivity contribution in [1.82, 2.24) is 25.1 Å². The molecule has 2 fully saturated rings. The number of nitrogens with zero attached hydrogens (tertiary/aromatic N) is 4. The number of piperidine rings is 1. The normalized spacial score (nSPS) is 20.7. The minimum Gasteiger partial charge on any atom is -0.439 e. The average molecular weight is 428 g/mol. The maximum Gasteiger partial charge on any atom is 0.416 e. The van der Waals surface area contributed by atoms with Crippen LogP contribution in [0.15, 0.2) is 22.6 Å². The molecular formula is C19H21ClF3N5O. The molecule has 1 atom stereocenters. The highest BCUT2D eigenvalue weighted by molar-refractivity contribution is 5.85. The van der Waals surface area contributed by atoms with Gasteiger partial charge in [0, 0.05) is 18.4 Å². The van der Waals surface area contributed by atoms with Gasteiger partial charge in [0.25, 0.3) is 0 Å². The number of likely N-dealkylation sites (tertiary alicyclic amines) is 1. The van der Waals surface area contributed by atoms with Crippen LogP contribution in [0.25, 0.3) is 11.1 Å². The molecule has 156 valence electrons. The molecule has 3 heterocycles. The molecule has 5 rings (SSSR count). The number of halogens is 4. The van der Waals surface area contributed by atoms with E-state index >= 15 is 0 Å². The predicted octanol–water partition coefficient (Wildman–Crippen LogP) is 4.64. The van der Waals surface area contributed by atoms with Crippen molar-refractivity contribution >= 4 is 23.5 Å². The Balaban J connectivity index is 0.00000205. The fourth-order valence-electron chi connectivity index (χ4n) is 3.83. The van der Waals surface area contributed by atoms with Gasteiger partial charge in [-0.3, -0.25) is 10.00 Å². The highest BCUT2D eigenvalue weighted by Gasteiger charge is 2.32. The number of benzene rings is 1. The van der Waals surface area contributed by atoms with E-state index in [1.807, 2.05) is 0 Å². The monoisotopic (exact) mass is 427 g/mol. The van der Waals surface area contributed by atoms with Crippen molar-refractivity contribution in [1.29, 1.82) is 0 Å². The fourth-order valence-corrected chi connectivity index (χ4v) is 3.83. The zero-order valence-electron chi connectivity index (χ0n) is 15.6. The Labute approximate surface area is 171 Å². The minimum atomic E-state index is -4.39. The van der Waals surface area contributed by atoms with E-state index in [0.29, 0.717) is 23.9 Å². The number of hydrogen-bond acceptors (Lipinski definition) is 5. The number of nitrogens with one attached hydrogen (secondary N) is 1. The lowest BCUT2D eigenvalue weighted by molar-refractivity contribution is -0.137. The van der Waals surface area contributed by atoms with E-state index in [1.165, 1.54) is 18.9 Å². The van der Waals surface area contributed by atoms with Gasteiger partial charge in [-0.2, -0.15) is 18.3 Å². The van der Waals surface area contributed by atoms with Crippen molar-refractivity contribution in [2.45, 2.75) is 50.2 Å². The van der Waals surface area contributed by atoms with Crippen LogP contribution in [0.4, 0.5) is 13.2 Å². The minimum absolute atomic E-state index is 0. The molecule has 1 unspecified atom stereocenters. The SMILES string of the molecule is Cl.FC(F)(F)c1ccc2oc(CN3CCCC(c4n[nH]c(C5CC5)n4)C3)nc2c1. The molecule has 0 amide bonds. The van der Waals surface area contributed by atoms with Crippen molar-refractivity contribution in [2.24, 2.45) is 0 Å². The third-order valence-electron chi connectivity index (χ3n) is 5.47. The van der Waals surface area contributed by atoms with E-state index in [2.05, 4.69) is 25.1 Å². The second-order valence-corrected chi connectivity index (χ2v) is 7.72. The van der Waals surface area contributed by atoms with Crippen LogP contribution >= 0.6 is 12.4 Å². The number of oxazole rings is 1. The van der Waals surface area contributed by atoms with Gasteiger partial charge in [0.1, 0.15) is 11.3 Å². The number of hydrogen-bond donors (Lipinski definition) is 1. The van der Waals surface area contributed by atoms with Crippen molar-refractivity contribution in [3.8, 4) is 0 Å². The molecule has 6 nitrogen and oxygen atoms in total. The highest BCUT2D eigenvalue weighted by atomic mass is 35.5. The summed E-state index contributed by atoms with van der Waals surface area (Å²) in [4.78, 5) is 11.1. The van der Waals surface area contributed by atoms with Crippen LogP contribution < -0.4 is 0 Å². The second kappa shape index (κ2) is 7.60. The van der Waals surface area contributed by atoms with E-state index in [1.54, 1.807) is 0 Å². The molecule has 0 spiro atoms. The largest absolute Gasteiger partial charge is 0.439 e. The lowest BCUT2D eigenvalue weighted by Gasteiger charge is -2.30. The lowest BCUT2D eigenvalue weighted by atomic mass is 9.97. The molecule has 1 aliphatic heterocycles. The van der Waals surface area contributed by atoms with Gasteiger partial charge in [0.15, 0.2) is 11.4 Å². The predicted molar refractivity (Wildman–Crippen MR) is 102 cm³/mol. The van der Waals surface area contributed by atoms with Gasteiger partial charge in [-0.05, 0) is 50.4 Å². The van der Waals surface area contributed by atoms with Gasteiger partial charge < -0.3 is 4.42 Å². The molecule has 1 N–H and O–H groups in total. The first-order chi connectivity index (χ1) is 13.5. The lowest BCUT2D eigenvalue weighted by Crippen LogP contribution is -2.34. The van der Waals surface area contributed by atoms with Gasteiger partial charge in [-0.15, -0.1) is 12.4 Å².